The molecule has 2 rings (SSSR count). The number of nitrogens with one attached hydrogen (secondary N) is 2. The first-order valence-corrected chi connectivity index (χ1v) is 11.3. The Hall–Kier alpha value is -1.48. The summed E-state index contributed by atoms with van der Waals surface area (Å²) in [5.41, 5.74) is 0.873. The Morgan fingerprint density at radius 1 is 0.786 bits per heavy atom. The molecule has 2 N–H and O–H groups in total. The minimum atomic E-state index is -0.543. The zero-order valence-corrected chi connectivity index (χ0v) is 17.6. The summed E-state index contributed by atoms with van der Waals surface area (Å²) < 4.78 is 26.1. The molecule has 0 fully saturated rings. The molecule has 0 saturated carbocycles. The molecule has 4 nitrogen and oxygen atoms in total. The molecule has 150 valence electrons. The molecule has 2 aromatic rings. The monoisotopic (exact) mass is 464 g/mol. The minimum absolute atomic E-state index is 0.0519. The summed E-state index contributed by atoms with van der Waals surface area (Å²) in [6.45, 7) is 0. The average Bonchev–Trinajstić information content (AvgIpc) is 2.64. The Morgan fingerprint density at radius 2 is 1.18 bits per heavy atom. The molecule has 0 heterocycles. The fraction of sp³-hybridized carbons (Fsp3) is 0.222. The Labute approximate surface area is 179 Å². The zero-order chi connectivity index (χ0) is 20.5. The lowest BCUT2D eigenvalue weighted by Crippen LogP contribution is -2.12. The van der Waals surface area contributed by atoms with Crippen LogP contribution in [0, 0.1) is 11.6 Å². The van der Waals surface area contributed by atoms with E-state index in [0.717, 1.165) is 0 Å². The second-order valence-electron chi connectivity index (χ2n) is 5.50. The van der Waals surface area contributed by atoms with Crippen LogP contribution in [0.4, 0.5) is 20.2 Å². The highest BCUT2D eigenvalue weighted by atomic mass is 35.5. The highest BCUT2D eigenvalue weighted by molar-refractivity contribution is 8.76. The average molecular weight is 465 g/mol. The number of halogens is 4. The molecule has 0 atom stereocenters. The maximum atomic E-state index is 13.1. The Balaban J connectivity index is 1.58. The summed E-state index contributed by atoms with van der Waals surface area (Å²) in [6.07, 6.45) is 0.542. The first-order chi connectivity index (χ1) is 13.3. The summed E-state index contributed by atoms with van der Waals surface area (Å²) in [6, 6.07) is 7.95. The van der Waals surface area contributed by atoms with Gasteiger partial charge in [0.05, 0.1) is 10.0 Å². The van der Waals surface area contributed by atoms with Crippen molar-refractivity contribution >= 4 is 68.0 Å². The van der Waals surface area contributed by atoms with Crippen LogP contribution in [0.5, 0.6) is 0 Å². The summed E-state index contributed by atoms with van der Waals surface area (Å²) in [4.78, 5) is 23.7. The second-order valence-corrected chi connectivity index (χ2v) is 9.01. The van der Waals surface area contributed by atoms with Crippen LogP contribution in [-0.4, -0.2) is 23.3 Å². The van der Waals surface area contributed by atoms with E-state index in [4.69, 9.17) is 23.2 Å². The SMILES string of the molecule is O=C(CCSSCCC(=O)Nc1ccc(F)c(Cl)c1)Nc1ccc(F)c(Cl)c1. The zero-order valence-electron chi connectivity index (χ0n) is 14.4. The van der Waals surface area contributed by atoms with E-state index in [2.05, 4.69) is 10.6 Å². The summed E-state index contributed by atoms with van der Waals surface area (Å²) >= 11 is 11.3. The van der Waals surface area contributed by atoms with E-state index in [0.29, 0.717) is 22.9 Å². The van der Waals surface area contributed by atoms with Gasteiger partial charge in [0.15, 0.2) is 0 Å². The third-order valence-corrected chi connectivity index (χ3v) is 6.30. The van der Waals surface area contributed by atoms with Crippen LogP contribution in [0.2, 0.25) is 10.0 Å². The van der Waals surface area contributed by atoms with E-state index in [9.17, 15) is 18.4 Å². The normalized spacial score (nSPS) is 10.6. The number of carbonyl (C=O) groups is 2. The van der Waals surface area contributed by atoms with E-state index in [1.54, 1.807) is 0 Å². The van der Waals surface area contributed by atoms with Crippen molar-refractivity contribution in [1.29, 1.82) is 0 Å². The van der Waals surface area contributed by atoms with Gasteiger partial charge in [-0.15, -0.1) is 0 Å². The van der Waals surface area contributed by atoms with E-state index in [-0.39, 0.29) is 34.7 Å². The molecule has 0 radical (unpaired) electrons. The van der Waals surface area contributed by atoms with Gasteiger partial charge in [0.2, 0.25) is 11.8 Å². The molecule has 0 aromatic heterocycles. The van der Waals surface area contributed by atoms with Gasteiger partial charge >= 0.3 is 0 Å². The minimum Gasteiger partial charge on any atom is -0.326 e. The van der Waals surface area contributed by atoms with E-state index >= 15 is 0 Å². The lowest BCUT2D eigenvalue weighted by Gasteiger charge is -2.07. The highest BCUT2D eigenvalue weighted by Crippen LogP contribution is 2.24. The third-order valence-electron chi connectivity index (χ3n) is 3.31. The van der Waals surface area contributed by atoms with Crippen LogP contribution >= 0.6 is 44.8 Å². The smallest absolute Gasteiger partial charge is 0.225 e. The lowest BCUT2D eigenvalue weighted by atomic mass is 10.3. The molecular formula is C18H16Cl2F2N2O2S2. The van der Waals surface area contributed by atoms with Gasteiger partial charge in [0.1, 0.15) is 11.6 Å². The Bertz CT molecular complexity index is 787. The number of hydrogen-bond donors (Lipinski definition) is 2. The van der Waals surface area contributed by atoms with Gasteiger partial charge in [-0.2, -0.15) is 0 Å². The number of anilines is 2. The van der Waals surface area contributed by atoms with Gasteiger partial charge in [-0.1, -0.05) is 44.8 Å². The van der Waals surface area contributed by atoms with Gasteiger partial charge < -0.3 is 10.6 Å². The number of benzene rings is 2. The topological polar surface area (TPSA) is 58.2 Å². The highest BCUT2D eigenvalue weighted by Gasteiger charge is 2.07. The Kier molecular flexibility index (Phi) is 9.37. The maximum absolute atomic E-state index is 13.1. The first-order valence-electron chi connectivity index (χ1n) is 8.09. The van der Waals surface area contributed by atoms with Gasteiger partial charge in [-0.25, -0.2) is 8.78 Å². The lowest BCUT2D eigenvalue weighted by molar-refractivity contribution is -0.116. The molecule has 0 saturated heterocycles. The molecule has 0 aliphatic rings. The molecular weight excluding hydrogens is 449 g/mol. The van der Waals surface area contributed by atoms with Crippen molar-refractivity contribution in [1.82, 2.24) is 0 Å². The molecule has 2 amide bonds. The van der Waals surface area contributed by atoms with Crippen molar-refractivity contribution < 1.29 is 18.4 Å². The van der Waals surface area contributed by atoms with E-state index in [1.165, 1.54) is 58.0 Å². The van der Waals surface area contributed by atoms with Crippen molar-refractivity contribution in [2.75, 3.05) is 22.1 Å². The van der Waals surface area contributed by atoms with E-state index < -0.39 is 11.6 Å². The number of hydrogen-bond acceptors (Lipinski definition) is 4. The standard InChI is InChI=1S/C18H16Cl2F2N2O2S2/c19-13-9-11(1-3-15(13)21)23-17(25)5-7-27-28-8-6-18(26)24-12-2-4-16(22)14(20)10-12/h1-4,9-10H,5-8H2,(H,23,25)(H,24,26). The van der Waals surface area contributed by atoms with Gasteiger partial charge in [-0.05, 0) is 36.4 Å². The van der Waals surface area contributed by atoms with Crippen LogP contribution in [0.25, 0.3) is 0 Å². The van der Waals surface area contributed by atoms with Crippen LogP contribution in [0.15, 0.2) is 36.4 Å². The molecule has 0 aliphatic carbocycles. The van der Waals surface area contributed by atoms with Crippen LogP contribution < -0.4 is 10.6 Å². The van der Waals surface area contributed by atoms with Gasteiger partial charge in [-0.3, -0.25) is 9.59 Å². The molecule has 0 bridgehead atoms. The molecule has 0 spiro atoms. The van der Waals surface area contributed by atoms with Gasteiger partial charge in [0.25, 0.3) is 0 Å². The number of rotatable bonds is 9. The quantitative estimate of drug-likeness (QED) is 0.352. The van der Waals surface area contributed by atoms with Crippen molar-refractivity contribution in [2.45, 2.75) is 12.8 Å². The summed E-state index contributed by atoms with van der Waals surface area (Å²) in [5.74, 6) is -0.388. The fourth-order valence-corrected chi connectivity index (χ4v) is 4.32. The maximum Gasteiger partial charge on any atom is 0.225 e. The van der Waals surface area contributed by atoms with Crippen LogP contribution in [-0.2, 0) is 9.59 Å². The predicted octanol–water partition coefficient (Wildman–Crippen LogP) is 6.01. The molecule has 10 heteroatoms. The molecule has 0 aliphatic heterocycles. The van der Waals surface area contributed by atoms with Crippen molar-refractivity contribution in [3.63, 3.8) is 0 Å². The largest absolute Gasteiger partial charge is 0.326 e. The number of carbonyl (C=O) groups excluding carboxylic acids is 2. The fourth-order valence-electron chi connectivity index (χ4n) is 1.98. The van der Waals surface area contributed by atoms with Gasteiger partial charge in [0, 0.05) is 35.7 Å². The number of amides is 2. The Morgan fingerprint density at radius 3 is 1.54 bits per heavy atom. The van der Waals surface area contributed by atoms with Crippen molar-refractivity contribution in [3.8, 4) is 0 Å². The van der Waals surface area contributed by atoms with Crippen LogP contribution in [0.1, 0.15) is 12.8 Å². The molecule has 28 heavy (non-hydrogen) atoms. The third kappa shape index (κ3) is 7.87. The summed E-state index contributed by atoms with van der Waals surface area (Å²) in [5, 5.41) is 5.18. The summed E-state index contributed by atoms with van der Waals surface area (Å²) in [7, 11) is 2.94. The first kappa shape index (κ1) is 22.8. The molecule has 0 unspecified atom stereocenters. The molecule has 2 aromatic carbocycles. The predicted molar refractivity (Wildman–Crippen MR) is 114 cm³/mol. The van der Waals surface area contributed by atoms with Crippen LogP contribution in [0.3, 0.4) is 0 Å². The van der Waals surface area contributed by atoms with E-state index in [1.807, 2.05) is 0 Å². The van der Waals surface area contributed by atoms with Crippen molar-refractivity contribution in [3.05, 3.63) is 58.1 Å². The van der Waals surface area contributed by atoms with Crippen molar-refractivity contribution in [2.24, 2.45) is 0 Å². The second kappa shape index (κ2) is 11.5.